The van der Waals surface area contributed by atoms with Crippen LogP contribution in [0.25, 0.3) is 0 Å². The largest absolute Gasteiger partial charge is 0.400 e. The third kappa shape index (κ3) is 2.49. The van der Waals surface area contributed by atoms with Gasteiger partial charge in [0.15, 0.2) is 5.76 Å². The van der Waals surface area contributed by atoms with Gasteiger partial charge in [-0.3, -0.25) is 0 Å². The molecule has 0 unspecified atom stereocenters. The number of carbonyl (C=O) groups is 1. The summed E-state index contributed by atoms with van der Waals surface area (Å²) < 4.78 is 9.89. The second kappa shape index (κ2) is 4.94. The second-order valence-corrected chi connectivity index (χ2v) is 3.58. The SMILES string of the molecule is O=C(Oc1cc(CBr)on1)c1ccccc1. The van der Waals surface area contributed by atoms with E-state index in [1.54, 1.807) is 30.3 Å². The van der Waals surface area contributed by atoms with Crippen molar-refractivity contribution in [2.45, 2.75) is 5.33 Å². The third-order valence-electron chi connectivity index (χ3n) is 1.88. The number of hydrogen-bond donors (Lipinski definition) is 0. The Kier molecular flexibility index (Phi) is 3.36. The highest BCUT2D eigenvalue weighted by atomic mass is 79.9. The van der Waals surface area contributed by atoms with Crippen molar-refractivity contribution in [2.75, 3.05) is 0 Å². The van der Waals surface area contributed by atoms with Crippen LogP contribution >= 0.6 is 15.9 Å². The summed E-state index contributed by atoms with van der Waals surface area (Å²) in [5.74, 6) is 0.328. The lowest BCUT2D eigenvalue weighted by atomic mass is 10.2. The molecule has 0 aliphatic rings. The van der Waals surface area contributed by atoms with Crippen LogP contribution in [0, 0.1) is 0 Å². The quantitative estimate of drug-likeness (QED) is 0.641. The van der Waals surface area contributed by atoms with E-state index in [1.807, 2.05) is 6.07 Å². The molecule has 0 fully saturated rings. The van der Waals surface area contributed by atoms with E-state index in [2.05, 4.69) is 21.1 Å². The molecular weight excluding hydrogens is 274 g/mol. The van der Waals surface area contributed by atoms with Crippen LogP contribution in [-0.2, 0) is 5.33 Å². The van der Waals surface area contributed by atoms with Crippen molar-refractivity contribution in [3.8, 4) is 5.88 Å². The molecule has 0 N–H and O–H groups in total. The molecule has 82 valence electrons. The number of rotatable bonds is 3. The van der Waals surface area contributed by atoms with Crippen LogP contribution in [0.1, 0.15) is 16.1 Å². The standard InChI is InChI=1S/C11H8BrNO3/c12-7-9-6-10(13-16-9)15-11(14)8-4-2-1-3-5-8/h1-6H,7H2. The lowest BCUT2D eigenvalue weighted by Gasteiger charge is -1.98. The van der Waals surface area contributed by atoms with E-state index in [0.29, 0.717) is 16.7 Å². The molecule has 4 nitrogen and oxygen atoms in total. The van der Waals surface area contributed by atoms with Crippen molar-refractivity contribution >= 4 is 21.9 Å². The van der Waals surface area contributed by atoms with Gasteiger partial charge in [-0.15, -0.1) is 0 Å². The van der Waals surface area contributed by atoms with Gasteiger partial charge in [-0.2, -0.15) is 0 Å². The molecule has 0 bridgehead atoms. The summed E-state index contributed by atoms with van der Waals surface area (Å²) in [7, 11) is 0. The van der Waals surface area contributed by atoms with Gasteiger partial charge in [0, 0.05) is 6.07 Å². The zero-order valence-electron chi connectivity index (χ0n) is 8.22. The minimum absolute atomic E-state index is 0.170. The van der Waals surface area contributed by atoms with Crippen LogP contribution in [0.15, 0.2) is 40.9 Å². The lowest BCUT2D eigenvalue weighted by molar-refractivity contribution is 0.0721. The Labute approximate surface area is 100 Å². The smallest absolute Gasteiger partial charge is 0.344 e. The predicted molar refractivity (Wildman–Crippen MR) is 60.5 cm³/mol. The second-order valence-electron chi connectivity index (χ2n) is 3.02. The van der Waals surface area contributed by atoms with E-state index in [0.717, 1.165) is 0 Å². The zero-order chi connectivity index (χ0) is 11.4. The first-order chi connectivity index (χ1) is 7.79. The molecular formula is C11H8BrNO3. The fraction of sp³-hybridized carbons (Fsp3) is 0.0909. The molecule has 0 saturated heterocycles. The Hall–Kier alpha value is -1.62. The fourth-order valence-electron chi connectivity index (χ4n) is 1.13. The van der Waals surface area contributed by atoms with E-state index in [9.17, 15) is 4.79 Å². The molecule has 2 aromatic rings. The monoisotopic (exact) mass is 281 g/mol. The number of benzene rings is 1. The highest BCUT2D eigenvalue weighted by molar-refractivity contribution is 9.08. The molecule has 0 radical (unpaired) electrons. The summed E-state index contributed by atoms with van der Waals surface area (Å²) >= 11 is 3.21. The zero-order valence-corrected chi connectivity index (χ0v) is 9.81. The highest BCUT2D eigenvalue weighted by Gasteiger charge is 2.11. The molecule has 5 heteroatoms. The van der Waals surface area contributed by atoms with Crippen molar-refractivity contribution in [3.05, 3.63) is 47.7 Å². The van der Waals surface area contributed by atoms with Gasteiger partial charge in [-0.25, -0.2) is 4.79 Å². The van der Waals surface area contributed by atoms with Gasteiger partial charge in [0.05, 0.1) is 10.9 Å². The minimum Gasteiger partial charge on any atom is -0.400 e. The first kappa shape index (κ1) is 10.9. The Balaban J connectivity index is 2.08. The maximum Gasteiger partial charge on any atom is 0.344 e. The lowest BCUT2D eigenvalue weighted by Crippen LogP contribution is -2.08. The Morgan fingerprint density at radius 1 is 1.38 bits per heavy atom. The predicted octanol–water partition coefficient (Wildman–Crippen LogP) is 2.79. The van der Waals surface area contributed by atoms with Gasteiger partial charge in [0.2, 0.25) is 0 Å². The number of esters is 1. The molecule has 0 saturated carbocycles. The molecule has 1 heterocycles. The molecule has 0 spiro atoms. The third-order valence-corrected chi connectivity index (χ3v) is 2.43. The van der Waals surface area contributed by atoms with Crippen LogP contribution in [0.5, 0.6) is 5.88 Å². The first-order valence-corrected chi connectivity index (χ1v) is 5.70. The average molecular weight is 282 g/mol. The van der Waals surface area contributed by atoms with Gasteiger partial charge in [-0.05, 0) is 17.3 Å². The molecule has 0 aliphatic carbocycles. The average Bonchev–Trinajstić information content (AvgIpc) is 2.78. The van der Waals surface area contributed by atoms with Gasteiger partial charge in [0.1, 0.15) is 0 Å². The molecule has 16 heavy (non-hydrogen) atoms. The van der Waals surface area contributed by atoms with Crippen LogP contribution < -0.4 is 4.74 Å². The van der Waals surface area contributed by atoms with Gasteiger partial charge >= 0.3 is 5.97 Å². The topological polar surface area (TPSA) is 52.3 Å². The van der Waals surface area contributed by atoms with Crippen molar-refractivity contribution in [3.63, 3.8) is 0 Å². The summed E-state index contributed by atoms with van der Waals surface area (Å²) in [5, 5.41) is 4.14. The summed E-state index contributed by atoms with van der Waals surface area (Å²) in [6, 6.07) is 10.3. The number of halogens is 1. The number of ether oxygens (including phenoxy) is 1. The Bertz CT molecular complexity index is 481. The molecule has 0 aliphatic heterocycles. The number of hydrogen-bond acceptors (Lipinski definition) is 4. The van der Waals surface area contributed by atoms with E-state index >= 15 is 0 Å². The van der Waals surface area contributed by atoms with Crippen LogP contribution in [-0.4, -0.2) is 11.1 Å². The maximum absolute atomic E-state index is 11.6. The minimum atomic E-state index is -0.449. The highest BCUT2D eigenvalue weighted by Crippen LogP contribution is 2.15. The van der Waals surface area contributed by atoms with E-state index < -0.39 is 5.97 Å². The molecule has 0 atom stereocenters. The number of aromatic nitrogens is 1. The van der Waals surface area contributed by atoms with Crippen molar-refractivity contribution in [1.82, 2.24) is 5.16 Å². The first-order valence-electron chi connectivity index (χ1n) is 4.58. The molecule has 2 rings (SSSR count). The Morgan fingerprint density at radius 3 is 2.75 bits per heavy atom. The summed E-state index contributed by atoms with van der Waals surface area (Å²) in [4.78, 5) is 11.6. The van der Waals surface area contributed by atoms with E-state index in [1.165, 1.54) is 0 Å². The van der Waals surface area contributed by atoms with E-state index in [4.69, 9.17) is 9.26 Å². The molecule has 0 amide bonds. The maximum atomic E-state index is 11.6. The number of carbonyl (C=O) groups excluding carboxylic acids is 1. The van der Waals surface area contributed by atoms with Gasteiger partial charge in [0.25, 0.3) is 5.88 Å². The van der Waals surface area contributed by atoms with Crippen molar-refractivity contribution in [1.29, 1.82) is 0 Å². The molecule has 1 aromatic carbocycles. The van der Waals surface area contributed by atoms with Crippen LogP contribution in [0.4, 0.5) is 0 Å². The fourth-order valence-corrected chi connectivity index (χ4v) is 1.40. The summed E-state index contributed by atoms with van der Waals surface area (Å²) in [6.45, 7) is 0. The molecule has 1 aromatic heterocycles. The van der Waals surface area contributed by atoms with Crippen molar-refractivity contribution < 1.29 is 14.1 Å². The number of nitrogens with zero attached hydrogens (tertiary/aromatic N) is 1. The van der Waals surface area contributed by atoms with E-state index in [-0.39, 0.29) is 5.88 Å². The Morgan fingerprint density at radius 2 is 2.12 bits per heavy atom. The van der Waals surface area contributed by atoms with Crippen LogP contribution in [0.2, 0.25) is 0 Å². The van der Waals surface area contributed by atoms with Gasteiger partial charge in [-0.1, -0.05) is 34.1 Å². The normalized spacial score (nSPS) is 10.1. The van der Waals surface area contributed by atoms with Crippen LogP contribution in [0.3, 0.4) is 0 Å². The summed E-state index contributed by atoms with van der Waals surface area (Å²) in [5.41, 5.74) is 0.478. The van der Waals surface area contributed by atoms with Gasteiger partial charge < -0.3 is 9.26 Å². The summed E-state index contributed by atoms with van der Waals surface area (Å²) in [6.07, 6.45) is 0. The number of alkyl halides is 1. The van der Waals surface area contributed by atoms with Crippen molar-refractivity contribution in [2.24, 2.45) is 0 Å².